The van der Waals surface area contributed by atoms with Crippen molar-refractivity contribution in [2.24, 2.45) is 5.41 Å². The van der Waals surface area contributed by atoms with E-state index in [1.54, 1.807) is 0 Å². The molecule has 20 heavy (non-hydrogen) atoms. The fourth-order valence-corrected chi connectivity index (χ4v) is 3.58. The summed E-state index contributed by atoms with van der Waals surface area (Å²) in [7, 11) is 0. The van der Waals surface area contributed by atoms with Crippen LogP contribution in [-0.2, 0) is 6.54 Å². The predicted molar refractivity (Wildman–Crippen MR) is 88.7 cm³/mol. The topological polar surface area (TPSA) is 15.3 Å². The third-order valence-corrected chi connectivity index (χ3v) is 5.20. The van der Waals surface area contributed by atoms with Gasteiger partial charge in [0.15, 0.2) is 0 Å². The molecule has 2 nitrogen and oxygen atoms in total. The van der Waals surface area contributed by atoms with Crippen molar-refractivity contribution in [1.29, 1.82) is 0 Å². The van der Waals surface area contributed by atoms with Gasteiger partial charge in [0, 0.05) is 19.6 Å². The summed E-state index contributed by atoms with van der Waals surface area (Å²) >= 11 is 6.50. The Hall–Kier alpha value is -0.730. The average molecular weight is 295 g/mol. The van der Waals surface area contributed by atoms with Gasteiger partial charge in [-0.15, -0.1) is 0 Å². The molecule has 1 aromatic carbocycles. The van der Waals surface area contributed by atoms with Gasteiger partial charge < -0.3 is 10.2 Å². The molecule has 112 valence electrons. The number of para-hydroxylation sites is 1. The van der Waals surface area contributed by atoms with E-state index in [2.05, 4.69) is 43.1 Å². The van der Waals surface area contributed by atoms with Crippen LogP contribution in [-0.4, -0.2) is 19.6 Å². The summed E-state index contributed by atoms with van der Waals surface area (Å²) in [6.45, 7) is 10.9. The van der Waals surface area contributed by atoms with Crippen molar-refractivity contribution in [2.45, 2.75) is 46.6 Å². The van der Waals surface area contributed by atoms with Gasteiger partial charge in [-0.3, -0.25) is 0 Å². The lowest BCUT2D eigenvalue weighted by atomic mass is 9.82. The van der Waals surface area contributed by atoms with Gasteiger partial charge in [-0.1, -0.05) is 44.5 Å². The van der Waals surface area contributed by atoms with Gasteiger partial charge in [0.1, 0.15) is 0 Å². The Labute approximate surface area is 128 Å². The number of nitrogens with zero attached hydrogens (tertiary/aromatic N) is 1. The van der Waals surface area contributed by atoms with Crippen molar-refractivity contribution >= 4 is 17.3 Å². The highest BCUT2D eigenvalue weighted by molar-refractivity contribution is 6.33. The Balaban J connectivity index is 2.24. The maximum Gasteiger partial charge on any atom is 0.0642 e. The van der Waals surface area contributed by atoms with Crippen LogP contribution in [0.25, 0.3) is 0 Å². The largest absolute Gasteiger partial charge is 0.369 e. The van der Waals surface area contributed by atoms with Gasteiger partial charge in [0.25, 0.3) is 0 Å². The number of nitrogens with one attached hydrogen (secondary N) is 1. The van der Waals surface area contributed by atoms with Gasteiger partial charge in [0.2, 0.25) is 0 Å². The summed E-state index contributed by atoms with van der Waals surface area (Å²) < 4.78 is 0. The Morgan fingerprint density at radius 3 is 2.60 bits per heavy atom. The molecule has 1 saturated heterocycles. The van der Waals surface area contributed by atoms with E-state index in [4.69, 9.17) is 11.6 Å². The lowest BCUT2D eigenvalue weighted by Gasteiger charge is -2.29. The number of rotatable bonds is 6. The van der Waals surface area contributed by atoms with Crippen molar-refractivity contribution in [2.75, 3.05) is 24.5 Å². The van der Waals surface area contributed by atoms with Crippen LogP contribution < -0.4 is 10.2 Å². The summed E-state index contributed by atoms with van der Waals surface area (Å²) in [4.78, 5) is 2.50. The summed E-state index contributed by atoms with van der Waals surface area (Å²) in [5.41, 5.74) is 3.05. The first kappa shape index (κ1) is 15.7. The summed E-state index contributed by atoms with van der Waals surface area (Å²) in [6, 6.07) is 6.27. The monoisotopic (exact) mass is 294 g/mol. The number of benzene rings is 1. The van der Waals surface area contributed by atoms with E-state index in [-0.39, 0.29) is 0 Å². The Kier molecular flexibility index (Phi) is 5.34. The first-order valence-electron chi connectivity index (χ1n) is 7.89. The maximum atomic E-state index is 6.50. The normalized spacial score (nSPS) is 17.7. The van der Waals surface area contributed by atoms with Crippen LogP contribution >= 0.6 is 11.6 Å². The number of hydrogen-bond donors (Lipinski definition) is 1. The fourth-order valence-electron chi connectivity index (χ4n) is 3.27. The Morgan fingerprint density at radius 1 is 1.25 bits per heavy atom. The predicted octanol–water partition coefficient (Wildman–Crippen LogP) is 4.47. The lowest BCUT2D eigenvalue weighted by Crippen LogP contribution is -2.27. The van der Waals surface area contributed by atoms with Crippen LogP contribution in [0.15, 0.2) is 18.2 Å². The molecule has 1 fully saturated rings. The third-order valence-electron chi connectivity index (χ3n) is 4.89. The molecule has 1 aromatic rings. The molecule has 1 N–H and O–H groups in total. The van der Waals surface area contributed by atoms with Crippen molar-refractivity contribution in [3.05, 3.63) is 28.8 Å². The molecule has 0 aromatic heterocycles. The van der Waals surface area contributed by atoms with Gasteiger partial charge in [-0.2, -0.15) is 0 Å². The van der Waals surface area contributed by atoms with Crippen molar-refractivity contribution < 1.29 is 0 Å². The van der Waals surface area contributed by atoms with Gasteiger partial charge in [0.05, 0.1) is 10.7 Å². The van der Waals surface area contributed by atoms with Crippen molar-refractivity contribution in [3.63, 3.8) is 0 Å². The number of halogens is 1. The third kappa shape index (κ3) is 3.12. The molecular formula is C17H27ClN2. The van der Waals surface area contributed by atoms with Crippen LogP contribution in [0.4, 0.5) is 5.69 Å². The molecule has 0 radical (unpaired) electrons. The quantitative estimate of drug-likeness (QED) is 0.833. The minimum atomic E-state index is 0.481. The van der Waals surface area contributed by atoms with E-state index in [1.165, 1.54) is 30.5 Å². The van der Waals surface area contributed by atoms with Crippen molar-refractivity contribution in [3.8, 4) is 0 Å². The maximum absolute atomic E-state index is 6.50. The molecule has 0 atom stereocenters. The molecule has 1 aliphatic heterocycles. The highest BCUT2D eigenvalue weighted by Crippen LogP contribution is 2.42. The van der Waals surface area contributed by atoms with Crippen LogP contribution in [0.1, 0.15) is 45.6 Å². The van der Waals surface area contributed by atoms with Gasteiger partial charge in [-0.05, 0) is 42.9 Å². The second-order valence-corrected chi connectivity index (χ2v) is 6.31. The molecule has 0 bridgehead atoms. The minimum absolute atomic E-state index is 0.481. The lowest BCUT2D eigenvalue weighted by molar-refractivity contribution is 0.301. The molecule has 0 aliphatic carbocycles. The van der Waals surface area contributed by atoms with E-state index in [1.807, 2.05) is 6.07 Å². The van der Waals surface area contributed by atoms with Gasteiger partial charge >= 0.3 is 0 Å². The molecule has 2 rings (SSSR count). The van der Waals surface area contributed by atoms with Crippen LogP contribution in [0, 0.1) is 5.41 Å². The first-order chi connectivity index (χ1) is 9.65. The standard InChI is InChI=1S/C17H27ClN2/c1-4-17(5-2)10-11-20(13-17)16-14(12-19-6-3)8-7-9-15(16)18/h7-9,19H,4-6,10-13H2,1-3H3. The smallest absolute Gasteiger partial charge is 0.0642 e. The summed E-state index contributed by atoms with van der Waals surface area (Å²) in [6.07, 6.45) is 3.80. The first-order valence-corrected chi connectivity index (χ1v) is 8.26. The number of hydrogen-bond acceptors (Lipinski definition) is 2. The molecule has 0 saturated carbocycles. The zero-order valence-electron chi connectivity index (χ0n) is 13.0. The van der Waals surface area contributed by atoms with Gasteiger partial charge in [-0.25, -0.2) is 0 Å². The second kappa shape index (κ2) is 6.82. The summed E-state index contributed by atoms with van der Waals surface area (Å²) in [5, 5.41) is 4.31. The zero-order chi connectivity index (χ0) is 14.6. The minimum Gasteiger partial charge on any atom is -0.369 e. The van der Waals surface area contributed by atoms with Crippen molar-refractivity contribution in [1.82, 2.24) is 5.32 Å². The van der Waals surface area contributed by atoms with E-state index in [9.17, 15) is 0 Å². The zero-order valence-corrected chi connectivity index (χ0v) is 13.8. The number of anilines is 1. The molecule has 1 heterocycles. The van der Waals surface area contributed by atoms with Crippen LogP contribution in [0.5, 0.6) is 0 Å². The van der Waals surface area contributed by atoms with E-state index < -0.39 is 0 Å². The van der Waals surface area contributed by atoms with E-state index >= 15 is 0 Å². The van der Waals surface area contributed by atoms with Crippen LogP contribution in [0.3, 0.4) is 0 Å². The highest BCUT2D eigenvalue weighted by atomic mass is 35.5. The fraction of sp³-hybridized carbons (Fsp3) is 0.647. The second-order valence-electron chi connectivity index (χ2n) is 5.91. The van der Waals surface area contributed by atoms with E-state index in [0.29, 0.717) is 5.41 Å². The summed E-state index contributed by atoms with van der Waals surface area (Å²) in [5.74, 6) is 0. The average Bonchev–Trinajstić information content (AvgIpc) is 2.90. The molecule has 0 amide bonds. The highest BCUT2D eigenvalue weighted by Gasteiger charge is 2.36. The molecule has 3 heteroatoms. The van der Waals surface area contributed by atoms with Crippen LogP contribution in [0.2, 0.25) is 5.02 Å². The molecular weight excluding hydrogens is 268 g/mol. The van der Waals surface area contributed by atoms with E-state index in [0.717, 1.165) is 31.2 Å². The molecule has 0 unspecified atom stereocenters. The molecule has 0 spiro atoms. The molecule has 1 aliphatic rings. The Bertz CT molecular complexity index is 441. The Morgan fingerprint density at radius 2 is 2.00 bits per heavy atom. The SMILES string of the molecule is CCNCc1cccc(Cl)c1N1CCC(CC)(CC)C1.